The molecular weight excluding hydrogens is 364 g/mol. The fraction of sp³-hybridized carbons (Fsp3) is 0.217. The molecule has 6 heteroatoms. The Hall–Kier alpha value is -3.54. The molecule has 0 bridgehead atoms. The van der Waals surface area contributed by atoms with Gasteiger partial charge in [-0.3, -0.25) is 14.6 Å². The first-order chi connectivity index (χ1) is 14.1. The van der Waals surface area contributed by atoms with Crippen LogP contribution >= 0.6 is 0 Å². The van der Waals surface area contributed by atoms with Crippen molar-refractivity contribution in [2.75, 3.05) is 20.1 Å². The molecule has 0 atom stereocenters. The summed E-state index contributed by atoms with van der Waals surface area (Å²) in [7, 11) is 1.73. The van der Waals surface area contributed by atoms with Crippen molar-refractivity contribution < 1.29 is 9.59 Å². The van der Waals surface area contributed by atoms with Crippen LogP contribution in [0.3, 0.4) is 0 Å². The highest BCUT2D eigenvalue weighted by Gasteiger charge is 2.15. The summed E-state index contributed by atoms with van der Waals surface area (Å²) in [5.41, 5.74) is 2.77. The number of rotatable bonds is 8. The van der Waals surface area contributed by atoms with Gasteiger partial charge in [-0.1, -0.05) is 36.4 Å². The molecule has 0 fully saturated rings. The summed E-state index contributed by atoms with van der Waals surface area (Å²) in [5.74, 6) is -0.493. The second kappa shape index (κ2) is 10.1. The molecule has 6 nitrogen and oxygen atoms in total. The van der Waals surface area contributed by atoms with Crippen LogP contribution in [0.1, 0.15) is 32.1 Å². The van der Waals surface area contributed by atoms with Crippen LogP contribution in [0.25, 0.3) is 0 Å². The maximum atomic E-state index is 12.7. The van der Waals surface area contributed by atoms with E-state index in [-0.39, 0.29) is 23.2 Å². The lowest BCUT2D eigenvalue weighted by molar-refractivity contribution is 0.0790. The lowest BCUT2D eigenvalue weighted by Gasteiger charge is -2.17. The van der Waals surface area contributed by atoms with Crippen LogP contribution in [0, 0.1) is 0 Å². The molecule has 0 radical (unpaired) electrons. The van der Waals surface area contributed by atoms with Crippen LogP contribution in [-0.2, 0) is 12.8 Å². The summed E-state index contributed by atoms with van der Waals surface area (Å²) in [6, 6.07) is 18.7. The minimum atomic E-state index is -0.282. The second-order valence-corrected chi connectivity index (χ2v) is 6.73. The quantitative estimate of drug-likeness (QED) is 0.644. The van der Waals surface area contributed by atoms with Crippen molar-refractivity contribution in [3.8, 4) is 0 Å². The van der Waals surface area contributed by atoms with E-state index in [1.807, 2.05) is 42.5 Å². The van der Waals surface area contributed by atoms with E-state index in [1.165, 1.54) is 0 Å². The van der Waals surface area contributed by atoms with E-state index < -0.39 is 0 Å². The number of carbonyl (C=O) groups is 2. The molecule has 2 aromatic heterocycles. The Morgan fingerprint density at radius 2 is 1.55 bits per heavy atom. The van der Waals surface area contributed by atoms with Gasteiger partial charge in [-0.05, 0) is 48.2 Å². The van der Waals surface area contributed by atoms with Crippen LogP contribution in [-0.4, -0.2) is 46.8 Å². The third-order valence-corrected chi connectivity index (χ3v) is 4.57. The van der Waals surface area contributed by atoms with Crippen molar-refractivity contribution >= 4 is 11.8 Å². The minimum absolute atomic E-state index is 0.210. The molecule has 0 aliphatic heterocycles. The maximum absolute atomic E-state index is 12.7. The molecule has 3 aromatic rings. The topological polar surface area (TPSA) is 75.2 Å². The van der Waals surface area contributed by atoms with Crippen LogP contribution in [0.5, 0.6) is 0 Å². The number of benzene rings is 1. The van der Waals surface area contributed by atoms with Gasteiger partial charge in [0, 0.05) is 32.5 Å². The summed E-state index contributed by atoms with van der Waals surface area (Å²) in [4.78, 5) is 34.9. The number of likely N-dealkylation sites (N-methyl/N-ethyl adjacent to an activating group) is 1. The normalized spacial score (nSPS) is 10.4. The van der Waals surface area contributed by atoms with Crippen LogP contribution in [0.2, 0.25) is 0 Å². The highest BCUT2D eigenvalue weighted by atomic mass is 16.2. The number of nitrogens with zero attached hydrogens (tertiary/aromatic N) is 3. The number of pyridine rings is 2. The molecule has 148 valence electrons. The molecule has 0 spiro atoms. The van der Waals surface area contributed by atoms with Gasteiger partial charge >= 0.3 is 0 Å². The molecule has 0 saturated heterocycles. The molecule has 2 amide bonds. The molecule has 0 aliphatic rings. The van der Waals surface area contributed by atoms with Gasteiger partial charge in [-0.25, -0.2) is 4.98 Å². The van der Waals surface area contributed by atoms with E-state index in [1.54, 1.807) is 42.5 Å². The molecule has 0 unspecified atom stereocenters. The van der Waals surface area contributed by atoms with Gasteiger partial charge in [0.25, 0.3) is 11.8 Å². The van der Waals surface area contributed by atoms with Gasteiger partial charge in [0.15, 0.2) is 0 Å². The van der Waals surface area contributed by atoms with E-state index >= 15 is 0 Å². The average molecular weight is 388 g/mol. The average Bonchev–Trinajstić information content (AvgIpc) is 2.78. The van der Waals surface area contributed by atoms with Gasteiger partial charge in [0.05, 0.1) is 0 Å². The zero-order chi connectivity index (χ0) is 20.5. The summed E-state index contributed by atoms with van der Waals surface area (Å²) in [5, 5.41) is 2.86. The van der Waals surface area contributed by atoms with Crippen molar-refractivity contribution in [3.05, 3.63) is 95.6 Å². The van der Waals surface area contributed by atoms with E-state index in [0.29, 0.717) is 13.1 Å². The highest BCUT2D eigenvalue weighted by Crippen LogP contribution is 2.06. The number of carbonyl (C=O) groups excluding carboxylic acids is 2. The first-order valence-electron chi connectivity index (χ1n) is 9.57. The lowest BCUT2D eigenvalue weighted by Crippen LogP contribution is -2.31. The Bertz CT molecular complexity index is 945. The Labute approximate surface area is 170 Å². The molecule has 0 aliphatic carbocycles. The van der Waals surface area contributed by atoms with Gasteiger partial charge in [-0.15, -0.1) is 0 Å². The van der Waals surface area contributed by atoms with Gasteiger partial charge in [-0.2, -0.15) is 0 Å². The second-order valence-electron chi connectivity index (χ2n) is 6.73. The van der Waals surface area contributed by atoms with E-state index in [4.69, 9.17) is 0 Å². The summed E-state index contributed by atoms with van der Waals surface area (Å²) >= 11 is 0. The van der Waals surface area contributed by atoms with Gasteiger partial charge < -0.3 is 10.2 Å². The molecule has 0 saturated carbocycles. The minimum Gasteiger partial charge on any atom is -0.350 e. The maximum Gasteiger partial charge on any atom is 0.272 e. The SMILES string of the molecule is CN(CCc1ccncc1)C(=O)c1cccc(C(=O)NCCc2ccccc2)n1. The number of aromatic nitrogens is 2. The Balaban J connectivity index is 1.54. The van der Waals surface area contributed by atoms with Crippen molar-refractivity contribution in [3.63, 3.8) is 0 Å². The van der Waals surface area contributed by atoms with E-state index in [2.05, 4.69) is 15.3 Å². The van der Waals surface area contributed by atoms with Crippen LogP contribution in [0.15, 0.2) is 73.1 Å². The molecule has 1 N–H and O–H groups in total. The Morgan fingerprint density at radius 1 is 0.862 bits per heavy atom. The molecule has 1 aromatic carbocycles. The van der Waals surface area contributed by atoms with Crippen molar-refractivity contribution in [1.82, 2.24) is 20.2 Å². The predicted octanol–water partition coefficient (Wildman–Crippen LogP) is 2.76. The first-order valence-corrected chi connectivity index (χ1v) is 9.57. The fourth-order valence-electron chi connectivity index (χ4n) is 2.88. The molecular formula is C23H24N4O2. The van der Waals surface area contributed by atoms with Crippen LogP contribution < -0.4 is 5.32 Å². The third-order valence-electron chi connectivity index (χ3n) is 4.57. The molecule has 29 heavy (non-hydrogen) atoms. The third kappa shape index (κ3) is 5.97. The summed E-state index contributed by atoms with van der Waals surface area (Å²) in [6.45, 7) is 1.06. The first kappa shape index (κ1) is 20.2. The van der Waals surface area contributed by atoms with E-state index in [0.717, 1.165) is 24.0 Å². The summed E-state index contributed by atoms with van der Waals surface area (Å²) < 4.78 is 0. The predicted molar refractivity (Wildman–Crippen MR) is 112 cm³/mol. The van der Waals surface area contributed by atoms with Crippen LogP contribution in [0.4, 0.5) is 0 Å². The standard InChI is InChI=1S/C23H24N4O2/c1-27(17-13-19-10-14-24-15-11-19)23(29)21-9-5-8-20(26-21)22(28)25-16-12-18-6-3-2-4-7-18/h2-11,14-15H,12-13,16-17H2,1H3,(H,25,28). The zero-order valence-corrected chi connectivity index (χ0v) is 16.4. The Kier molecular flexibility index (Phi) is 7.05. The Morgan fingerprint density at radius 3 is 2.31 bits per heavy atom. The van der Waals surface area contributed by atoms with Crippen molar-refractivity contribution in [2.24, 2.45) is 0 Å². The van der Waals surface area contributed by atoms with Gasteiger partial charge in [0.1, 0.15) is 11.4 Å². The largest absolute Gasteiger partial charge is 0.350 e. The van der Waals surface area contributed by atoms with Gasteiger partial charge in [0.2, 0.25) is 0 Å². The van der Waals surface area contributed by atoms with E-state index in [9.17, 15) is 9.59 Å². The molecule has 3 rings (SSSR count). The molecule has 2 heterocycles. The monoisotopic (exact) mass is 388 g/mol. The number of nitrogens with one attached hydrogen (secondary N) is 1. The lowest BCUT2D eigenvalue weighted by atomic mass is 10.1. The zero-order valence-electron chi connectivity index (χ0n) is 16.4. The smallest absolute Gasteiger partial charge is 0.272 e. The van der Waals surface area contributed by atoms with Crippen molar-refractivity contribution in [1.29, 1.82) is 0 Å². The number of amides is 2. The number of hydrogen-bond acceptors (Lipinski definition) is 4. The number of hydrogen-bond donors (Lipinski definition) is 1. The van der Waals surface area contributed by atoms with Crippen molar-refractivity contribution in [2.45, 2.75) is 12.8 Å². The fourth-order valence-corrected chi connectivity index (χ4v) is 2.88. The highest BCUT2D eigenvalue weighted by molar-refractivity contribution is 5.96. The summed E-state index contributed by atoms with van der Waals surface area (Å²) in [6.07, 6.45) is 4.94.